The number of rotatable bonds is 5. The number of hydrogen-bond donors (Lipinski definition) is 4. The fraction of sp³-hybridized carbons (Fsp3) is 0.857. The summed E-state index contributed by atoms with van der Waals surface area (Å²) in [6, 6.07) is -0.673. The monoisotopic (exact) mass is 288 g/mol. The number of carboxylic acids is 2. The van der Waals surface area contributed by atoms with Crippen LogP contribution in [0.15, 0.2) is 0 Å². The van der Waals surface area contributed by atoms with Crippen molar-refractivity contribution in [2.75, 3.05) is 0 Å². The molecule has 1 rings (SSSR count). The van der Waals surface area contributed by atoms with E-state index >= 15 is 0 Å². The lowest BCUT2D eigenvalue weighted by molar-refractivity contribution is -0.140. The second-order valence-corrected chi connectivity index (χ2v) is 5.67. The van der Waals surface area contributed by atoms with Crippen LogP contribution in [0.25, 0.3) is 0 Å². The van der Waals surface area contributed by atoms with E-state index in [1.54, 1.807) is 20.8 Å². The minimum atomic E-state index is -0.931. The number of carbonyl (C=O) groups is 2. The van der Waals surface area contributed by atoms with Gasteiger partial charge in [-0.05, 0) is 25.7 Å². The van der Waals surface area contributed by atoms with Crippen LogP contribution in [-0.2, 0) is 9.59 Å². The Morgan fingerprint density at radius 2 is 1.55 bits per heavy atom. The van der Waals surface area contributed by atoms with Crippen LogP contribution < -0.4 is 11.1 Å². The molecule has 6 heteroatoms. The normalized spacial score (nSPS) is 18.9. The molecule has 5 N–H and O–H groups in total. The Hall–Kier alpha value is -1.14. The van der Waals surface area contributed by atoms with Crippen molar-refractivity contribution in [3.8, 4) is 0 Å². The first kappa shape index (κ1) is 18.9. The fourth-order valence-corrected chi connectivity index (χ4v) is 1.98. The van der Waals surface area contributed by atoms with E-state index in [4.69, 9.17) is 15.9 Å². The summed E-state index contributed by atoms with van der Waals surface area (Å²) in [5.41, 5.74) is 5.16. The van der Waals surface area contributed by atoms with Crippen molar-refractivity contribution in [2.24, 2.45) is 11.7 Å². The van der Waals surface area contributed by atoms with E-state index in [-0.39, 0.29) is 5.92 Å². The summed E-state index contributed by atoms with van der Waals surface area (Å²) in [4.78, 5) is 20.5. The van der Waals surface area contributed by atoms with Crippen molar-refractivity contribution in [3.63, 3.8) is 0 Å². The second-order valence-electron chi connectivity index (χ2n) is 5.67. The lowest BCUT2D eigenvalue weighted by atomic mass is 9.95. The molecule has 1 fully saturated rings. The number of nitrogens with one attached hydrogen (secondary N) is 1. The maximum atomic E-state index is 10.5. The third-order valence-corrected chi connectivity index (χ3v) is 3.46. The number of nitrogens with two attached hydrogens (primary N) is 1. The first-order valence-corrected chi connectivity index (χ1v) is 7.23. The molecule has 0 saturated heterocycles. The standard InChI is InChI=1S/C9H17NO2.C5H11NO2/c1-7(9(11)12)10-8-5-3-2-4-6-8;1-3(2)4(6)5(7)8/h7-8,10H,2-6H2,1H3,(H,11,12);3-4H,6H2,1-2H3,(H,7,8)/t7-;4-/m00/s1. The molecule has 0 spiro atoms. The van der Waals surface area contributed by atoms with E-state index in [1.165, 1.54) is 19.3 Å². The smallest absolute Gasteiger partial charge is 0.320 e. The molecule has 1 aliphatic carbocycles. The Balaban J connectivity index is 0.000000396. The number of hydrogen-bond acceptors (Lipinski definition) is 4. The quantitative estimate of drug-likeness (QED) is 0.609. The van der Waals surface area contributed by atoms with Gasteiger partial charge in [0, 0.05) is 6.04 Å². The molecule has 1 aliphatic rings. The summed E-state index contributed by atoms with van der Waals surface area (Å²) in [6.45, 7) is 5.26. The second kappa shape index (κ2) is 9.72. The van der Waals surface area contributed by atoms with Crippen LogP contribution in [0.1, 0.15) is 52.9 Å². The molecule has 2 atom stereocenters. The molecule has 118 valence electrons. The minimum absolute atomic E-state index is 0.0208. The molecule has 20 heavy (non-hydrogen) atoms. The van der Waals surface area contributed by atoms with Crippen LogP contribution in [0.2, 0.25) is 0 Å². The van der Waals surface area contributed by atoms with Gasteiger partial charge in [0.15, 0.2) is 0 Å². The number of carboxylic acid groups (broad SMARTS) is 2. The molecule has 0 heterocycles. The number of aliphatic carboxylic acids is 2. The molecule has 0 aliphatic heterocycles. The molecule has 1 saturated carbocycles. The van der Waals surface area contributed by atoms with E-state index < -0.39 is 24.0 Å². The zero-order chi connectivity index (χ0) is 15.7. The van der Waals surface area contributed by atoms with E-state index in [2.05, 4.69) is 5.32 Å². The van der Waals surface area contributed by atoms with Gasteiger partial charge in [-0.2, -0.15) is 0 Å². The van der Waals surface area contributed by atoms with E-state index in [9.17, 15) is 9.59 Å². The van der Waals surface area contributed by atoms with Crippen molar-refractivity contribution < 1.29 is 19.8 Å². The van der Waals surface area contributed by atoms with Gasteiger partial charge in [0.05, 0.1) is 0 Å². The van der Waals surface area contributed by atoms with Crippen LogP contribution in [0.3, 0.4) is 0 Å². The summed E-state index contributed by atoms with van der Waals surface area (Å²) < 4.78 is 0. The predicted octanol–water partition coefficient (Wildman–Crippen LogP) is 1.44. The lowest BCUT2D eigenvalue weighted by Gasteiger charge is -2.24. The topological polar surface area (TPSA) is 113 Å². The first-order chi connectivity index (χ1) is 9.25. The van der Waals surface area contributed by atoms with Crippen molar-refractivity contribution in [2.45, 2.75) is 71.0 Å². The largest absolute Gasteiger partial charge is 0.480 e. The third kappa shape index (κ3) is 8.12. The molecular formula is C14H28N2O4. The van der Waals surface area contributed by atoms with Gasteiger partial charge in [-0.3, -0.25) is 9.59 Å². The Morgan fingerprint density at radius 3 is 1.85 bits per heavy atom. The van der Waals surface area contributed by atoms with Crippen LogP contribution in [0, 0.1) is 5.92 Å². The molecule has 0 radical (unpaired) electrons. The van der Waals surface area contributed by atoms with Gasteiger partial charge in [0.1, 0.15) is 12.1 Å². The average molecular weight is 288 g/mol. The Morgan fingerprint density at radius 1 is 1.05 bits per heavy atom. The van der Waals surface area contributed by atoms with E-state index in [0.717, 1.165) is 12.8 Å². The Kier molecular flexibility index (Phi) is 9.16. The maximum absolute atomic E-state index is 10.5. The van der Waals surface area contributed by atoms with Gasteiger partial charge in [-0.15, -0.1) is 0 Å². The summed E-state index contributed by atoms with van der Waals surface area (Å²) in [6.07, 6.45) is 6.06. The van der Waals surface area contributed by atoms with Crippen LogP contribution in [-0.4, -0.2) is 40.3 Å². The molecule has 0 aromatic carbocycles. The zero-order valence-electron chi connectivity index (χ0n) is 12.6. The molecule has 0 aromatic heterocycles. The first-order valence-electron chi connectivity index (χ1n) is 7.23. The zero-order valence-corrected chi connectivity index (χ0v) is 12.6. The summed E-state index contributed by atoms with van der Waals surface area (Å²) in [5, 5.41) is 20.0. The van der Waals surface area contributed by atoms with E-state index in [1.807, 2.05) is 0 Å². The molecule has 6 nitrogen and oxygen atoms in total. The van der Waals surface area contributed by atoms with Gasteiger partial charge in [0.25, 0.3) is 0 Å². The summed E-state index contributed by atoms with van der Waals surface area (Å²) >= 11 is 0. The van der Waals surface area contributed by atoms with Crippen LogP contribution >= 0.6 is 0 Å². The third-order valence-electron chi connectivity index (χ3n) is 3.46. The highest BCUT2D eigenvalue weighted by Crippen LogP contribution is 2.17. The average Bonchev–Trinajstić information content (AvgIpc) is 2.39. The molecular weight excluding hydrogens is 260 g/mol. The van der Waals surface area contributed by atoms with Crippen molar-refractivity contribution in [1.29, 1.82) is 0 Å². The highest BCUT2D eigenvalue weighted by molar-refractivity contribution is 5.73. The summed E-state index contributed by atoms with van der Waals surface area (Å²) in [5.74, 6) is -1.66. The Bertz CT molecular complexity index is 302. The van der Waals surface area contributed by atoms with Gasteiger partial charge in [-0.25, -0.2) is 0 Å². The Labute approximate surface area is 120 Å². The van der Waals surface area contributed by atoms with Crippen molar-refractivity contribution >= 4 is 11.9 Å². The minimum Gasteiger partial charge on any atom is -0.480 e. The van der Waals surface area contributed by atoms with Crippen molar-refractivity contribution in [3.05, 3.63) is 0 Å². The molecule has 0 bridgehead atoms. The van der Waals surface area contributed by atoms with Gasteiger partial charge >= 0.3 is 11.9 Å². The van der Waals surface area contributed by atoms with Crippen LogP contribution in [0.5, 0.6) is 0 Å². The maximum Gasteiger partial charge on any atom is 0.320 e. The predicted molar refractivity (Wildman–Crippen MR) is 77.6 cm³/mol. The van der Waals surface area contributed by atoms with Gasteiger partial charge in [-0.1, -0.05) is 33.1 Å². The highest BCUT2D eigenvalue weighted by Gasteiger charge is 2.18. The lowest BCUT2D eigenvalue weighted by Crippen LogP contribution is -2.42. The molecule has 0 amide bonds. The summed E-state index contributed by atoms with van der Waals surface area (Å²) in [7, 11) is 0. The SMILES string of the molecule is CC(C)[C@H](N)C(=O)O.C[C@H](NC1CCCCC1)C(=O)O. The van der Waals surface area contributed by atoms with Crippen molar-refractivity contribution in [1.82, 2.24) is 5.32 Å². The van der Waals surface area contributed by atoms with Gasteiger partial charge < -0.3 is 21.3 Å². The fourth-order valence-electron chi connectivity index (χ4n) is 1.98. The van der Waals surface area contributed by atoms with Crippen LogP contribution in [0.4, 0.5) is 0 Å². The highest BCUT2D eigenvalue weighted by atomic mass is 16.4. The molecule has 0 unspecified atom stereocenters. The van der Waals surface area contributed by atoms with Gasteiger partial charge in [0.2, 0.25) is 0 Å². The molecule has 0 aromatic rings. The van der Waals surface area contributed by atoms with E-state index in [0.29, 0.717) is 6.04 Å².